The van der Waals surface area contributed by atoms with Crippen LogP contribution in [0.15, 0.2) is 22.6 Å². The van der Waals surface area contributed by atoms with Gasteiger partial charge in [-0.3, -0.25) is 0 Å². The number of aryl methyl sites for hydroxylation is 1. The average molecular weight is 258 g/mol. The van der Waals surface area contributed by atoms with Gasteiger partial charge in [0.05, 0.1) is 13.2 Å². The van der Waals surface area contributed by atoms with Crippen LogP contribution in [0.25, 0.3) is 11.1 Å². The van der Waals surface area contributed by atoms with Gasteiger partial charge in [-0.05, 0) is 31.4 Å². The zero-order valence-corrected chi connectivity index (χ0v) is 11.2. The van der Waals surface area contributed by atoms with Gasteiger partial charge >= 0.3 is 0 Å². The Morgan fingerprint density at radius 3 is 3.00 bits per heavy atom. The number of anilines is 1. The molecule has 1 saturated carbocycles. The van der Waals surface area contributed by atoms with Crippen LogP contribution in [0.1, 0.15) is 18.4 Å². The van der Waals surface area contributed by atoms with Crippen LogP contribution >= 0.6 is 0 Å². The van der Waals surface area contributed by atoms with E-state index in [1.54, 1.807) is 0 Å². The first-order valence-electron chi connectivity index (χ1n) is 6.95. The zero-order chi connectivity index (χ0) is 12.9. The van der Waals surface area contributed by atoms with Crippen molar-refractivity contribution in [3.05, 3.63) is 23.8 Å². The van der Waals surface area contributed by atoms with Crippen LogP contribution in [-0.4, -0.2) is 31.3 Å². The van der Waals surface area contributed by atoms with Gasteiger partial charge in [-0.2, -0.15) is 4.98 Å². The quantitative estimate of drug-likeness (QED) is 0.788. The third-order valence-electron chi connectivity index (χ3n) is 4.27. The Hall–Kier alpha value is -1.55. The summed E-state index contributed by atoms with van der Waals surface area (Å²) < 4.78 is 11.7. The molecule has 1 aromatic heterocycles. The molecule has 4 rings (SSSR count). The second kappa shape index (κ2) is 3.97. The number of rotatable bonds is 1. The number of fused-ring (bicyclic) bond motifs is 1. The normalized spacial score (nSPS) is 21.8. The Bertz CT molecular complexity index is 616. The van der Waals surface area contributed by atoms with Crippen molar-refractivity contribution in [1.82, 2.24) is 4.98 Å². The highest BCUT2D eigenvalue weighted by Gasteiger charge is 2.46. The zero-order valence-electron chi connectivity index (χ0n) is 11.2. The minimum absolute atomic E-state index is 0.367. The maximum absolute atomic E-state index is 5.97. The summed E-state index contributed by atoms with van der Waals surface area (Å²) in [5.74, 6) is 0. The van der Waals surface area contributed by atoms with E-state index in [0.29, 0.717) is 5.41 Å². The molecular weight excluding hydrogens is 240 g/mol. The van der Waals surface area contributed by atoms with Crippen LogP contribution in [0.2, 0.25) is 0 Å². The number of aromatic nitrogens is 1. The second-order valence-electron chi connectivity index (χ2n) is 5.89. The fourth-order valence-corrected chi connectivity index (χ4v) is 2.85. The molecular formula is C15H18N2O2. The summed E-state index contributed by atoms with van der Waals surface area (Å²) in [6.45, 7) is 5.60. The maximum atomic E-state index is 5.97. The van der Waals surface area contributed by atoms with Crippen LogP contribution in [0.4, 0.5) is 6.01 Å². The number of oxazole rings is 1. The van der Waals surface area contributed by atoms with Crippen LogP contribution in [0, 0.1) is 12.3 Å². The molecule has 1 aliphatic carbocycles. The molecule has 0 atom stereocenters. The summed E-state index contributed by atoms with van der Waals surface area (Å²) in [4.78, 5) is 6.89. The summed E-state index contributed by atoms with van der Waals surface area (Å²) >= 11 is 0. The van der Waals surface area contributed by atoms with Crippen LogP contribution in [0.5, 0.6) is 0 Å². The average Bonchev–Trinajstić information content (AvgIpc) is 3.09. The predicted octanol–water partition coefficient (Wildman–Crippen LogP) is 2.75. The minimum Gasteiger partial charge on any atom is -0.423 e. The lowest BCUT2D eigenvalue weighted by molar-refractivity contribution is 0.115. The lowest BCUT2D eigenvalue weighted by Crippen LogP contribution is -2.30. The molecule has 2 aromatic rings. The lowest BCUT2D eigenvalue weighted by atomic mass is 10.1. The Morgan fingerprint density at radius 1 is 1.32 bits per heavy atom. The highest BCUT2D eigenvalue weighted by molar-refractivity contribution is 5.77. The maximum Gasteiger partial charge on any atom is 0.298 e. The van der Waals surface area contributed by atoms with Crippen LogP contribution in [-0.2, 0) is 4.74 Å². The van der Waals surface area contributed by atoms with Gasteiger partial charge in [0.15, 0.2) is 5.58 Å². The first kappa shape index (κ1) is 11.3. The SMILES string of the molecule is Cc1cccc2nc(N3CCOCC4(CC4)C3)oc12. The van der Waals surface area contributed by atoms with Gasteiger partial charge < -0.3 is 14.1 Å². The Labute approximate surface area is 112 Å². The van der Waals surface area contributed by atoms with E-state index in [-0.39, 0.29) is 0 Å². The highest BCUT2D eigenvalue weighted by Crippen LogP contribution is 2.47. The summed E-state index contributed by atoms with van der Waals surface area (Å²) in [5.41, 5.74) is 3.37. The smallest absolute Gasteiger partial charge is 0.298 e. The second-order valence-corrected chi connectivity index (χ2v) is 5.89. The molecule has 2 heterocycles. The molecule has 19 heavy (non-hydrogen) atoms. The Balaban J connectivity index is 1.71. The van der Waals surface area contributed by atoms with E-state index in [0.717, 1.165) is 49.0 Å². The van der Waals surface area contributed by atoms with Crippen LogP contribution < -0.4 is 4.90 Å². The first-order valence-corrected chi connectivity index (χ1v) is 6.95. The number of hydrogen-bond donors (Lipinski definition) is 0. The van der Waals surface area contributed by atoms with Crippen molar-refractivity contribution in [3.8, 4) is 0 Å². The fourth-order valence-electron chi connectivity index (χ4n) is 2.85. The third kappa shape index (κ3) is 1.91. The molecule has 0 unspecified atom stereocenters. The Kier molecular flexibility index (Phi) is 2.36. The van der Waals surface area contributed by atoms with E-state index in [1.165, 1.54) is 12.8 Å². The first-order chi connectivity index (χ1) is 9.26. The molecule has 2 fully saturated rings. The molecule has 1 spiro atoms. The fraction of sp³-hybridized carbons (Fsp3) is 0.533. The van der Waals surface area contributed by atoms with E-state index in [2.05, 4.69) is 22.9 Å². The molecule has 1 aliphatic heterocycles. The van der Waals surface area contributed by atoms with Gasteiger partial charge in [-0.15, -0.1) is 0 Å². The van der Waals surface area contributed by atoms with E-state index in [4.69, 9.17) is 9.15 Å². The summed E-state index contributed by atoms with van der Waals surface area (Å²) in [6.07, 6.45) is 2.53. The number of ether oxygens (including phenoxy) is 1. The molecule has 100 valence electrons. The van der Waals surface area contributed by atoms with Crippen molar-refractivity contribution < 1.29 is 9.15 Å². The van der Waals surface area contributed by atoms with Crippen molar-refractivity contribution in [3.63, 3.8) is 0 Å². The van der Waals surface area contributed by atoms with Crippen molar-refractivity contribution in [1.29, 1.82) is 0 Å². The largest absolute Gasteiger partial charge is 0.423 e. The van der Waals surface area contributed by atoms with Gasteiger partial charge in [0, 0.05) is 18.5 Å². The molecule has 0 N–H and O–H groups in total. The van der Waals surface area contributed by atoms with E-state index in [9.17, 15) is 0 Å². The molecule has 4 nitrogen and oxygen atoms in total. The summed E-state index contributed by atoms with van der Waals surface area (Å²) in [6, 6.07) is 6.85. The number of para-hydroxylation sites is 1. The van der Waals surface area contributed by atoms with Gasteiger partial charge in [0.2, 0.25) is 0 Å². The standard InChI is InChI=1S/C15H18N2O2/c1-11-3-2-4-12-13(11)19-14(16-12)17-7-8-18-10-15(9-17)5-6-15/h2-4H,5-10H2,1H3. The third-order valence-corrected chi connectivity index (χ3v) is 4.27. The molecule has 2 aliphatic rings. The molecule has 1 saturated heterocycles. The van der Waals surface area contributed by atoms with E-state index in [1.807, 2.05) is 12.1 Å². The van der Waals surface area contributed by atoms with Gasteiger partial charge in [0.1, 0.15) is 5.52 Å². The number of benzene rings is 1. The molecule has 4 heteroatoms. The molecule has 0 bridgehead atoms. The number of nitrogens with zero attached hydrogens (tertiary/aromatic N) is 2. The highest BCUT2D eigenvalue weighted by atomic mass is 16.5. The van der Waals surface area contributed by atoms with E-state index >= 15 is 0 Å². The minimum atomic E-state index is 0.367. The topological polar surface area (TPSA) is 38.5 Å². The van der Waals surface area contributed by atoms with E-state index < -0.39 is 0 Å². The molecule has 1 aromatic carbocycles. The van der Waals surface area contributed by atoms with Crippen molar-refractivity contribution in [2.75, 3.05) is 31.2 Å². The van der Waals surface area contributed by atoms with Gasteiger partial charge in [-0.1, -0.05) is 12.1 Å². The lowest BCUT2D eigenvalue weighted by Gasteiger charge is -2.20. The summed E-state index contributed by atoms with van der Waals surface area (Å²) in [5, 5.41) is 0. The number of hydrogen-bond acceptors (Lipinski definition) is 4. The predicted molar refractivity (Wildman–Crippen MR) is 73.4 cm³/mol. The molecule has 0 amide bonds. The van der Waals surface area contributed by atoms with Crippen molar-refractivity contribution in [2.45, 2.75) is 19.8 Å². The van der Waals surface area contributed by atoms with Gasteiger partial charge in [-0.25, -0.2) is 0 Å². The van der Waals surface area contributed by atoms with Crippen LogP contribution in [0.3, 0.4) is 0 Å². The molecule has 0 radical (unpaired) electrons. The van der Waals surface area contributed by atoms with Crippen molar-refractivity contribution in [2.24, 2.45) is 5.41 Å². The van der Waals surface area contributed by atoms with Crippen molar-refractivity contribution >= 4 is 17.1 Å². The van der Waals surface area contributed by atoms with Gasteiger partial charge in [0.25, 0.3) is 6.01 Å². The summed E-state index contributed by atoms with van der Waals surface area (Å²) in [7, 11) is 0. The Morgan fingerprint density at radius 2 is 2.21 bits per heavy atom. The monoisotopic (exact) mass is 258 g/mol.